The zero-order valence-electron chi connectivity index (χ0n) is 11.5. The molecule has 1 N–H and O–H groups in total. The summed E-state index contributed by atoms with van der Waals surface area (Å²) < 4.78 is 25.3. The molecule has 7 heteroatoms. The fraction of sp³-hybridized carbons (Fsp3) is 0.667. The number of nitrogens with zero attached hydrogens (tertiary/aromatic N) is 3. The van der Waals surface area contributed by atoms with Crippen molar-refractivity contribution in [3.63, 3.8) is 0 Å². The lowest BCUT2D eigenvalue weighted by Gasteiger charge is -2.34. The molecule has 0 aliphatic carbocycles. The molecule has 0 aromatic carbocycles. The van der Waals surface area contributed by atoms with E-state index in [0.29, 0.717) is 6.54 Å². The summed E-state index contributed by atoms with van der Waals surface area (Å²) >= 11 is 0. The van der Waals surface area contributed by atoms with Crippen LogP contribution in [0.1, 0.15) is 24.1 Å². The number of rotatable bonds is 3. The minimum absolute atomic E-state index is 0.0431. The molecular weight excluding hydrogens is 264 g/mol. The van der Waals surface area contributed by atoms with Crippen molar-refractivity contribution in [2.75, 3.05) is 24.2 Å². The molecule has 1 aliphatic rings. The fourth-order valence-electron chi connectivity index (χ4n) is 2.41. The molecule has 1 saturated heterocycles. The SMILES string of the molecule is Cc1ncnc(N2CCCC(NS(C)(=O)=O)C2)c1C. The van der Waals surface area contributed by atoms with Gasteiger partial charge in [0.05, 0.1) is 6.26 Å². The van der Waals surface area contributed by atoms with Gasteiger partial charge in [-0.05, 0) is 26.7 Å². The normalized spacial score (nSPS) is 20.6. The topological polar surface area (TPSA) is 75.2 Å². The lowest BCUT2D eigenvalue weighted by Crippen LogP contribution is -2.47. The minimum Gasteiger partial charge on any atom is -0.355 e. The predicted octanol–water partition coefficient (Wildman–Crippen LogP) is 0.611. The lowest BCUT2D eigenvalue weighted by atomic mass is 10.1. The van der Waals surface area contributed by atoms with Crippen LogP contribution in [0.25, 0.3) is 0 Å². The van der Waals surface area contributed by atoms with E-state index in [2.05, 4.69) is 19.6 Å². The summed E-state index contributed by atoms with van der Waals surface area (Å²) in [7, 11) is -3.16. The van der Waals surface area contributed by atoms with Crippen LogP contribution in [0.4, 0.5) is 5.82 Å². The molecule has 1 unspecified atom stereocenters. The van der Waals surface area contributed by atoms with Crippen molar-refractivity contribution in [3.05, 3.63) is 17.6 Å². The molecule has 1 aromatic heterocycles. The highest BCUT2D eigenvalue weighted by atomic mass is 32.2. The monoisotopic (exact) mass is 284 g/mol. The molecule has 6 nitrogen and oxygen atoms in total. The van der Waals surface area contributed by atoms with Gasteiger partial charge in [-0.1, -0.05) is 0 Å². The Hall–Kier alpha value is -1.21. The first kappa shape index (κ1) is 14.2. The second kappa shape index (κ2) is 5.42. The zero-order chi connectivity index (χ0) is 14.0. The molecule has 1 aliphatic heterocycles. The summed E-state index contributed by atoms with van der Waals surface area (Å²) in [6.07, 6.45) is 4.58. The molecule has 0 spiro atoms. The van der Waals surface area contributed by atoms with Gasteiger partial charge in [0, 0.05) is 30.4 Å². The summed E-state index contributed by atoms with van der Waals surface area (Å²) in [5.74, 6) is 0.910. The number of nitrogens with one attached hydrogen (secondary N) is 1. The number of aromatic nitrogens is 2. The number of sulfonamides is 1. The van der Waals surface area contributed by atoms with Crippen molar-refractivity contribution in [1.29, 1.82) is 0 Å². The van der Waals surface area contributed by atoms with Crippen molar-refractivity contribution in [2.45, 2.75) is 32.7 Å². The summed E-state index contributed by atoms with van der Waals surface area (Å²) in [4.78, 5) is 10.6. The average Bonchev–Trinajstić information content (AvgIpc) is 2.31. The van der Waals surface area contributed by atoms with Crippen molar-refractivity contribution >= 4 is 15.8 Å². The van der Waals surface area contributed by atoms with E-state index >= 15 is 0 Å². The van der Waals surface area contributed by atoms with Crippen LogP contribution in [0.15, 0.2) is 6.33 Å². The maximum Gasteiger partial charge on any atom is 0.209 e. The Morgan fingerprint density at radius 2 is 2.11 bits per heavy atom. The molecule has 0 bridgehead atoms. The molecule has 106 valence electrons. The van der Waals surface area contributed by atoms with Crippen LogP contribution in [-0.4, -0.2) is 43.8 Å². The van der Waals surface area contributed by atoms with E-state index < -0.39 is 10.0 Å². The molecule has 1 atom stereocenters. The fourth-order valence-corrected chi connectivity index (χ4v) is 3.21. The Morgan fingerprint density at radius 1 is 1.37 bits per heavy atom. The van der Waals surface area contributed by atoms with Gasteiger partial charge in [-0.2, -0.15) is 0 Å². The van der Waals surface area contributed by atoms with Crippen LogP contribution in [-0.2, 0) is 10.0 Å². The Balaban J connectivity index is 2.15. The summed E-state index contributed by atoms with van der Waals surface area (Å²) in [5, 5.41) is 0. The predicted molar refractivity (Wildman–Crippen MR) is 74.7 cm³/mol. The van der Waals surface area contributed by atoms with E-state index in [9.17, 15) is 8.42 Å². The molecule has 2 heterocycles. The van der Waals surface area contributed by atoms with E-state index in [1.807, 2.05) is 13.8 Å². The van der Waals surface area contributed by atoms with Crippen molar-refractivity contribution in [3.8, 4) is 0 Å². The quantitative estimate of drug-likeness (QED) is 0.880. The van der Waals surface area contributed by atoms with Gasteiger partial charge in [0.25, 0.3) is 0 Å². The zero-order valence-corrected chi connectivity index (χ0v) is 12.4. The Labute approximate surface area is 114 Å². The van der Waals surface area contributed by atoms with E-state index in [1.165, 1.54) is 6.26 Å². The third-order valence-electron chi connectivity index (χ3n) is 3.41. The van der Waals surface area contributed by atoms with Gasteiger partial charge < -0.3 is 4.90 Å². The van der Waals surface area contributed by atoms with Crippen LogP contribution in [0.5, 0.6) is 0 Å². The summed E-state index contributed by atoms with van der Waals surface area (Å²) in [6, 6.07) is -0.0431. The smallest absolute Gasteiger partial charge is 0.209 e. The number of piperidine rings is 1. The van der Waals surface area contributed by atoms with Gasteiger partial charge in [0.15, 0.2) is 0 Å². The second-order valence-electron chi connectivity index (χ2n) is 5.08. The third kappa shape index (κ3) is 3.63. The molecule has 0 radical (unpaired) electrons. The number of hydrogen-bond acceptors (Lipinski definition) is 5. The van der Waals surface area contributed by atoms with E-state index in [-0.39, 0.29) is 6.04 Å². The molecule has 19 heavy (non-hydrogen) atoms. The van der Waals surface area contributed by atoms with E-state index in [1.54, 1.807) is 6.33 Å². The van der Waals surface area contributed by atoms with Crippen LogP contribution >= 0.6 is 0 Å². The van der Waals surface area contributed by atoms with Crippen LogP contribution < -0.4 is 9.62 Å². The molecule has 1 aromatic rings. The van der Waals surface area contributed by atoms with Crippen LogP contribution in [0, 0.1) is 13.8 Å². The highest BCUT2D eigenvalue weighted by molar-refractivity contribution is 7.88. The number of aryl methyl sites for hydroxylation is 1. The largest absolute Gasteiger partial charge is 0.355 e. The first-order valence-electron chi connectivity index (χ1n) is 6.37. The first-order chi connectivity index (χ1) is 8.87. The maximum atomic E-state index is 11.3. The van der Waals surface area contributed by atoms with Gasteiger partial charge in [0.2, 0.25) is 10.0 Å². The Morgan fingerprint density at radius 3 is 2.79 bits per heavy atom. The van der Waals surface area contributed by atoms with Crippen LogP contribution in [0.2, 0.25) is 0 Å². The van der Waals surface area contributed by atoms with Gasteiger partial charge in [-0.25, -0.2) is 23.1 Å². The van der Waals surface area contributed by atoms with Gasteiger partial charge >= 0.3 is 0 Å². The highest BCUT2D eigenvalue weighted by Gasteiger charge is 2.24. The highest BCUT2D eigenvalue weighted by Crippen LogP contribution is 2.22. The van der Waals surface area contributed by atoms with Gasteiger partial charge in [-0.15, -0.1) is 0 Å². The molecule has 0 amide bonds. The van der Waals surface area contributed by atoms with E-state index in [4.69, 9.17) is 0 Å². The standard InChI is InChI=1S/C12H20N4O2S/c1-9-10(2)13-8-14-12(9)16-6-4-5-11(7-16)15-19(3,17)18/h8,11,15H,4-7H2,1-3H3. The van der Waals surface area contributed by atoms with Crippen LogP contribution in [0.3, 0.4) is 0 Å². The minimum atomic E-state index is -3.16. The Kier molecular flexibility index (Phi) is 4.05. The average molecular weight is 284 g/mol. The third-order valence-corrected chi connectivity index (χ3v) is 4.17. The molecule has 2 rings (SSSR count). The van der Waals surface area contributed by atoms with Crippen molar-refractivity contribution in [1.82, 2.24) is 14.7 Å². The second-order valence-corrected chi connectivity index (χ2v) is 6.86. The molecule has 0 saturated carbocycles. The lowest BCUT2D eigenvalue weighted by molar-refractivity contribution is 0.465. The van der Waals surface area contributed by atoms with Crippen molar-refractivity contribution < 1.29 is 8.42 Å². The number of anilines is 1. The van der Waals surface area contributed by atoms with E-state index in [0.717, 1.165) is 36.5 Å². The summed E-state index contributed by atoms with van der Waals surface area (Å²) in [5.41, 5.74) is 2.02. The molecule has 1 fully saturated rings. The molecular formula is C12H20N4O2S. The maximum absolute atomic E-state index is 11.3. The number of hydrogen-bond donors (Lipinski definition) is 1. The van der Waals surface area contributed by atoms with Gasteiger partial charge in [-0.3, -0.25) is 0 Å². The van der Waals surface area contributed by atoms with Crippen molar-refractivity contribution in [2.24, 2.45) is 0 Å². The van der Waals surface area contributed by atoms with Gasteiger partial charge in [0.1, 0.15) is 12.1 Å². The Bertz CT molecular complexity index is 559. The first-order valence-corrected chi connectivity index (χ1v) is 8.26. The summed E-state index contributed by atoms with van der Waals surface area (Å²) in [6.45, 7) is 5.51.